The number of benzene rings is 1. The molecule has 1 aromatic carbocycles. The minimum absolute atomic E-state index is 0.0732. The van der Waals surface area contributed by atoms with Crippen LogP contribution >= 0.6 is 0 Å². The molecule has 5 heteroatoms. The fraction of sp³-hybridized carbons (Fsp3) is 0.500. The van der Waals surface area contributed by atoms with Crippen LogP contribution in [0.3, 0.4) is 0 Å². The Hall–Kier alpha value is -1.07. The molecule has 0 saturated heterocycles. The predicted molar refractivity (Wildman–Crippen MR) is 68.4 cm³/mol. The van der Waals surface area contributed by atoms with Gasteiger partial charge < -0.3 is 10.1 Å². The van der Waals surface area contributed by atoms with Gasteiger partial charge in [0.2, 0.25) is 0 Å². The number of sulfone groups is 1. The molecule has 0 atom stereocenters. The maximum Gasteiger partial charge on any atom is 0.183 e. The molecule has 0 saturated carbocycles. The third-order valence-electron chi connectivity index (χ3n) is 2.54. The Bertz CT molecular complexity index is 495. The van der Waals surface area contributed by atoms with Crippen molar-refractivity contribution in [3.8, 4) is 5.75 Å². The van der Waals surface area contributed by atoms with Crippen LogP contribution < -0.4 is 10.1 Å². The summed E-state index contributed by atoms with van der Waals surface area (Å²) in [6, 6.07) is 3.61. The number of aryl methyl sites for hydroxylation is 2. The lowest BCUT2D eigenvalue weighted by atomic mass is 10.1. The van der Waals surface area contributed by atoms with Crippen LogP contribution in [0.2, 0.25) is 0 Å². The number of rotatable bonds is 5. The zero-order valence-electron chi connectivity index (χ0n) is 10.7. The molecule has 4 nitrogen and oxygen atoms in total. The Morgan fingerprint density at radius 1 is 1.29 bits per heavy atom. The third-order valence-corrected chi connectivity index (χ3v) is 4.42. The lowest BCUT2D eigenvalue weighted by molar-refractivity contribution is 0.401. The highest BCUT2D eigenvalue weighted by Gasteiger charge is 2.21. The molecule has 0 fully saturated rings. The van der Waals surface area contributed by atoms with Crippen LogP contribution in [0.15, 0.2) is 17.0 Å². The zero-order chi connectivity index (χ0) is 13.1. The van der Waals surface area contributed by atoms with Crippen LogP contribution in [-0.4, -0.2) is 34.9 Å². The molecule has 0 aromatic heterocycles. The first-order valence-electron chi connectivity index (χ1n) is 5.45. The standard InChI is InChI=1S/C12H19NO3S/c1-9-7-10(2)12(11(8-9)16-4)17(14,15)6-5-13-3/h7-8,13H,5-6H2,1-4H3. The zero-order valence-corrected chi connectivity index (χ0v) is 11.5. The van der Waals surface area contributed by atoms with Gasteiger partial charge in [0.25, 0.3) is 0 Å². The van der Waals surface area contributed by atoms with Crippen molar-refractivity contribution < 1.29 is 13.2 Å². The molecule has 0 aliphatic carbocycles. The molecule has 0 spiro atoms. The molecule has 0 aliphatic rings. The summed E-state index contributed by atoms with van der Waals surface area (Å²) < 4.78 is 29.5. The number of ether oxygens (including phenoxy) is 1. The van der Waals surface area contributed by atoms with Crippen LogP contribution in [-0.2, 0) is 9.84 Å². The fourth-order valence-corrected chi connectivity index (χ4v) is 3.48. The average Bonchev–Trinajstić information content (AvgIpc) is 2.24. The van der Waals surface area contributed by atoms with Gasteiger partial charge in [-0.25, -0.2) is 8.42 Å². The highest BCUT2D eigenvalue weighted by molar-refractivity contribution is 7.91. The Morgan fingerprint density at radius 2 is 1.94 bits per heavy atom. The minimum Gasteiger partial charge on any atom is -0.495 e. The summed E-state index contributed by atoms with van der Waals surface area (Å²) in [5, 5.41) is 2.84. The smallest absolute Gasteiger partial charge is 0.183 e. The van der Waals surface area contributed by atoms with Gasteiger partial charge in [0, 0.05) is 6.54 Å². The van der Waals surface area contributed by atoms with Gasteiger partial charge in [-0.05, 0) is 38.1 Å². The molecule has 0 radical (unpaired) electrons. The van der Waals surface area contributed by atoms with Crippen molar-refractivity contribution in [3.05, 3.63) is 23.3 Å². The van der Waals surface area contributed by atoms with Crippen molar-refractivity contribution in [2.45, 2.75) is 18.7 Å². The first-order chi connectivity index (χ1) is 7.92. The van der Waals surface area contributed by atoms with E-state index >= 15 is 0 Å². The lowest BCUT2D eigenvalue weighted by Crippen LogP contribution is -2.20. The van der Waals surface area contributed by atoms with E-state index in [2.05, 4.69) is 5.32 Å². The normalized spacial score (nSPS) is 11.5. The van der Waals surface area contributed by atoms with Crippen molar-refractivity contribution in [1.82, 2.24) is 5.32 Å². The van der Waals surface area contributed by atoms with E-state index in [4.69, 9.17) is 4.74 Å². The van der Waals surface area contributed by atoms with E-state index in [0.717, 1.165) is 11.1 Å². The van der Waals surface area contributed by atoms with Crippen molar-refractivity contribution >= 4 is 9.84 Å². The molecule has 96 valence electrons. The highest BCUT2D eigenvalue weighted by atomic mass is 32.2. The Labute approximate surface area is 103 Å². The number of hydrogen-bond donors (Lipinski definition) is 1. The summed E-state index contributed by atoms with van der Waals surface area (Å²) in [4.78, 5) is 0.306. The third kappa shape index (κ3) is 3.20. The van der Waals surface area contributed by atoms with Crippen molar-refractivity contribution in [1.29, 1.82) is 0 Å². The highest BCUT2D eigenvalue weighted by Crippen LogP contribution is 2.29. The van der Waals surface area contributed by atoms with E-state index in [-0.39, 0.29) is 5.75 Å². The van der Waals surface area contributed by atoms with Gasteiger partial charge in [-0.2, -0.15) is 0 Å². The lowest BCUT2D eigenvalue weighted by Gasteiger charge is -2.13. The van der Waals surface area contributed by atoms with Crippen molar-refractivity contribution in [2.75, 3.05) is 26.5 Å². The van der Waals surface area contributed by atoms with Crippen LogP contribution in [0.4, 0.5) is 0 Å². The van der Waals surface area contributed by atoms with Crippen LogP contribution in [0.5, 0.6) is 5.75 Å². The molecule has 0 unspecified atom stereocenters. The monoisotopic (exact) mass is 257 g/mol. The van der Waals surface area contributed by atoms with Crippen LogP contribution in [0.25, 0.3) is 0 Å². The van der Waals surface area contributed by atoms with Gasteiger partial charge in [-0.1, -0.05) is 6.07 Å². The van der Waals surface area contributed by atoms with E-state index in [0.29, 0.717) is 17.2 Å². The largest absolute Gasteiger partial charge is 0.495 e. The summed E-state index contributed by atoms with van der Waals surface area (Å²) in [5.41, 5.74) is 1.73. The first kappa shape index (κ1) is 14.0. The Balaban J connectivity index is 3.30. The summed E-state index contributed by atoms with van der Waals surface area (Å²) >= 11 is 0. The van der Waals surface area contributed by atoms with E-state index in [1.807, 2.05) is 13.0 Å². The van der Waals surface area contributed by atoms with Gasteiger partial charge in [0.1, 0.15) is 10.6 Å². The second-order valence-electron chi connectivity index (χ2n) is 4.04. The quantitative estimate of drug-likeness (QED) is 0.864. The first-order valence-corrected chi connectivity index (χ1v) is 7.10. The topological polar surface area (TPSA) is 55.4 Å². The van der Waals surface area contributed by atoms with Crippen LogP contribution in [0.1, 0.15) is 11.1 Å². The van der Waals surface area contributed by atoms with E-state index in [1.165, 1.54) is 7.11 Å². The Kier molecular flexibility index (Phi) is 4.54. The molecule has 1 N–H and O–H groups in total. The van der Waals surface area contributed by atoms with E-state index in [9.17, 15) is 8.42 Å². The van der Waals surface area contributed by atoms with Crippen molar-refractivity contribution in [3.63, 3.8) is 0 Å². The molecule has 0 aliphatic heterocycles. The molecule has 1 rings (SSSR count). The fourth-order valence-electron chi connectivity index (χ4n) is 1.80. The molecule has 0 heterocycles. The van der Waals surface area contributed by atoms with Gasteiger partial charge in [0.15, 0.2) is 9.84 Å². The minimum atomic E-state index is -3.30. The predicted octanol–water partition coefficient (Wildman–Crippen LogP) is 1.31. The van der Waals surface area contributed by atoms with Gasteiger partial charge in [-0.15, -0.1) is 0 Å². The van der Waals surface area contributed by atoms with Gasteiger partial charge in [0.05, 0.1) is 12.9 Å². The van der Waals surface area contributed by atoms with Gasteiger partial charge >= 0.3 is 0 Å². The molecule has 17 heavy (non-hydrogen) atoms. The van der Waals surface area contributed by atoms with E-state index < -0.39 is 9.84 Å². The Morgan fingerprint density at radius 3 is 2.47 bits per heavy atom. The average molecular weight is 257 g/mol. The van der Waals surface area contributed by atoms with Crippen molar-refractivity contribution in [2.24, 2.45) is 0 Å². The summed E-state index contributed by atoms with van der Waals surface area (Å²) in [6.45, 7) is 4.14. The maximum absolute atomic E-state index is 12.2. The SMILES string of the molecule is CNCCS(=O)(=O)c1c(C)cc(C)cc1OC. The summed E-state index contributed by atoms with van der Waals surface area (Å²) in [5.74, 6) is 0.502. The summed E-state index contributed by atoms with van der Waals surface area (Å²) in [7, 11) is -0.0778. The second kappa shape index (κ2) is 5.51. The molecular formula is C12H19NO3S. The number of methoxy groups -OCH3 is 1. The van der Waals surface area contributed by atoms with Crippen LogP contribution in [0, 0.1) is 13.8 Å². The molecular weight excluding hydrogens is 238 g/mol. The molecule has 0 amide bonds. The number of hydrogen-bond acceptors (Lipinski definition) is 4. The number of nitrogens with one attached hydrogen (secondary N) is 1. The summed E-state index contributed by atoms with van der Waals surface area (Å²) in [6.07, 6.45) is 0. The maximum atomic E-state index is 12.2. The molecule has 1 aromatic rings. The second-order valence-corrected chi connectivity index (χ2v) is 6.08. The van der Waals surface area contributed by atoms with Gasteiger partial charge in [-0.3, -0.25) is 0 Å². The van der Waals surface area contributed by atoms with E-state index in [1.54, 1.807) is 20.0 Å². The molecule has 0 bridgehead atoms.